The van der Waals surface area contributed by atoms with Crippen LogP contribution in [-0.2, 0) is 5.41 Å². The lowest BCUT2D eigenvalue weighted by molar-refractivity contribution is 0.574. The summed E-state index contributed by atoms with van der Waals surface area (Å²) in [6.07, 6.45) is 4.96. The van der Waals surface area contributed by atoms with E-state index in [1.807, 2.05) is 36.4 Å². The molecule has 2 aromatic heterocycles. The van der Waals surface area contributed by atoms with Gasteiger partial charge in [0.25, 0.3) is 0 Å². The lowest BCUT2D eigenvalue weighted by Crippen LogP contribution is -2.18. The summed E-state index contributed by atoms with van der Waals surface area (Å²) in [7, 11) is 0. The Hall–Kier alpha value is -4.57. The van der Waals surface area contributed by atoms with Gasteiger partial charge in [0.2, 0.25) is 5.95 Å². The molecule has 4 aromatic carbocycles. The molecule has 0 bridgehead atoms. The third-order valence-electron chi connectivity index (χ3n) is 8.92. The van der Waals surface area contributed by atoms with E-state index >= 15 is 0 Å². The summed E-state index contributed by atoms with van der Waals surface area (Å²) >= 11 is 0. The second-order valence-corrected chi connectivity index (χ2v) is 11.6. The molecule has 8 rings (SSSR count). The number of fused-ring (bicyclic) bond motifs is 5. The van der Waals surface area contributed by atoms with Crippen molar-refractivity contribution in [2.45, 2.75) is 44.9 Å². The maximum absolute atomic E-state index is 5.10. The van der Waals surface area contributed by atoms with Crippen LogP contribution in [0.15, 0.2) is 103 Å². The van der Waals surface area contributed by atoms with Gasteiger partial charge in [0, 0.05) is 27.3 Å². The van der Waals surface area contributed by atoms with Gasteiger partial charge in [-0.3, -0.25) is 4.57 Å². The smallest absolute Gasteiger partial charge is 0.238 e. The van der Waals surface area contributed by atoms with Crippen LogP contribution in [0, 0.1) is 0 Å². The molecule has 0 spiro atoms. The molecule has 0 unspecified atom stereocenters. The summed E-state index contributed by atoms with van der Waals surface area (Å²) in [5, 5.41) is 2.48. The number of para-hydroxylation sites is 1. The summed E-state index contributed by atoms with van der Waals surface area (Å²) in [6, 6.07) is 33.9. The van der Waals surface area contributed by atoms with E-state index in [4.69, 9.17) is 15.0 Å². The van der Waals surface area contributed by atoms with E-state index in [1.54, 1.807) is 11.1 Å². The fourth-order valence-corrected chi connectivity index (χ4v) is 6.95. The van der Waals surface area contributed by atoms with E-state index in [1.165, 1.54) is 47.6 Å². The minimum absolute atomic E-state index is 0.0318. The molecule has 0 saturated carbocycles. The van der Waals surface area contributed by atoms with Crippen molar-refractivity contribution < 1.29 is 0 Å². The first kappa shape index (κ1) is 23.3. The van der Waals surface area contributed by atoms with Gasteiger partial charge in [0.1, 0.15) is 0 Å². The molecule has 4 nitrogen and oxygen atoms in total. The average molecular weight is 519 g/mol. The summed E-state index contributed by atoms with van der Waals surface area (Å²) in [6.45, 7) is 4.81. The lowest BCUT2D eigenvalue weighted by Gasteiger charge is -2.27. The van der Waals surface area contributed by atoms with Crippen molar-refractivity contribution in [2.24, 2.45) is 0 Å². The van der Waals surface area contributed by atoms with Crippen molar-refractivity contribution in [3.05, 3.63) is 114 Å². The molecule has 0 atom stereocenters. The van der Waals surface area contributed by atoms with Gasteiger partial charge in [0.15, 0.2) is 11.6 Å². The highest BCUT2D eigenvalue weighted by Crippen LogP contribution is 2.53. The zero-order chi connectivity index (χ0) is 26.8. The Labute approximate surface area is 234 Å². The summed E-state index contributed by atoms with van der Waals surface area (Å²) in [5.74, 6) is 2.00. The number of rotatable bonds is 3. The first-order valence-electron chi connectivity index (χ1n) is 14.3. The molecule has 0 radical (unpaired) electrons. The molecule has 0 fully saturated rings. The van der Waals surface area contributed by atoms with Crippen LogP contribution in [0.4, 0.5) is 0 Å². The molecule has 2 aliphatic rings. The van der Waals surface area contributed by atoms with Gasteiger partial charge in [0.05, 0.1) is 11.0 Å². The van der Waals surface area contributed by atoms with Crippen molar-refractivity contribution in [2.75, 3.05) is 0 Å². The number of hydrogen-bond donors (Lipinski definition) is 0. The maximum atomic E-state index is 5.10. The SMILES string of the molecule is CC1(C)C2=C(CCCC2)c2cc3c4ccccc4n(-c4nc(-c5ccccc5)nc(-c5ccccc5)n4)c3cc21. The van der Waals surface area contributed by atoms with Crippen LogP contribution in [0.5, 0.6) is 0 Å². The molecule has 194 valence electrons. The first-order valence-corrected chi connectivity index (χ1v) is 14.3. The summed E-state index contributed by atoms with van der Waals surface area (Å²) in [5.41, 5.74) is 10.3. The highest BCUT2D eigenvalue weighted by molar-refractivity contribution is 6.10. The van der Waals surface area contributed by atoms with Crippen LogP contribution in [0.2, 0.25) is 0 Å². The summed E-state index contributed by atoms with van der Waals surface area (Å²) in [4.78, 5) is 15.1. The van der Waals surface area contributed by atoms with E-state index in [2.05, 4.69) is 79.1 Å². The van der Waals surface area contributed by atoms with Crippen LogP contribution in [0.1, 0.15) is 50.7 Å². The van der Waals surface area contributed by atoms with Gasteiger partial charge >= 0.3 is 0 Å². The van der Waals surface area contributed by atoms with Gasteiger partial charge in [-0.15, -0.1) is 0 Å². The third kappa shape index (κ3) is 3.42. The summed E-state index contributed by atoms with van der Waals surface area (Å²) < 4.78 is 2.25. The third-order valence-corrected chi connectivity index (χ3v) is 8.92. The van der Waals surface area contributed by atoms with E-state index in [9.17, 15) is 0 Å². The molecule has 0 N–H and O–H groups in total. The average Bonchev–Trinajstić information content (AvgIpc) is 3.45. The molecule has 2 aliphatic carbocycles. The Morgan fingerprint density at radius 3 is 1.95 bits per heavy atom. The van der Waals surface area contributed by atoms with Gasteiger partial charge in [-0.1, -0.05) is 98.3 Å². The van der Waals surface area contributed by atoms with Crippen molar-refractivity contribution in [3.8, 4) is 28.7 Å². The van der Waals surface area contributed by atoms with Crippen LogP contribution in [-0.4, -0.2) is 19.5 Å². The molecule has 0 amide bonds. The Bertz CT molecular complexity index is 1910. The predicted octanol–water partition coefficient (Wildman–Crippen LogP) is 8.92. The number of allylic oxidation sites excluding steroid dienone is 2. The molecule has 0 aliphatic heterocycles. The van der Waals surface area contributed by atoms with E-state index in [0.717, 1.165) is 22.2 Å². The number of hydrogen-bond acceptors (Lipinski definition) is 3. The lowest BCUT2D eigenvalue weighted by atomic mass is 9.77. The monoisotopic (exact) mass is 518 g/mol. The topological polar surface area (TPSA) is 43.6 Å². The Morgan fingerprint density at radius 1 is 0.625 bits per heavy atom. The fourth-order valence-electron chi connectivity index (χ4n) is 6.95. The second kappa shape index (κ2) is 8.72. The molecule has 40 heavy (non-hydrogen) atoms. The van der Waals surface area contributed by atoms with E-state index in [-0.39, 0.29) is 5.41 Å². The fraction of sp³-hybridized carbons (Fsp3) is 0.194. The molecular formula is C36H30N4. The molecular weight excluding hydrogens is 488 g/mol. The van der Waals surface area contributed by atoms with Crippen molar-refractivity contribution in [1.82, 2.24) is 19.5 Å². The van der Waals surface area contributed by atoms with Gasteiger partial charge in [-0.2, -0.15) is 9.97 Å². The Kier molecular flexibility index (Phi) is 5.09. The number of nitrogens with zero attached hydrogens (tertiary/aromatic N) is 4. The van der Waals surface area contributed by atoms with Crippen molar-refractivity contribution >= 4 is 27.4 Å². The minimum Gasteiger partial charge on any atom is -0.278 e. The number of aromatic nitrogens is 4. The van der Waals surface area contributed by atoms with Gasteiger partial charge < -0.3 is 0 Å². The number of benzene rings is 4. The van der Waals surface area contributed by atoms with Crippen molar-refractivity contribution in [1.29, 1.82) is 0 Å². The Morgan fingerprint density at radius 2 is 1.25 bits per heavy atom. The van der Waals surface area contributed by atoms with Gasteiger partial charge in [-0.25, -0.2) is 4.98 Å². The second-order valence-electron chi connectivity index (χ2n) is 11.6. The van der Waals surface area contributed by atoms with Crippen LogP contribution >= 0.6 is 0 Å². The molecule has 0 saturated heterocycles. The van der Waals surface area contributed by atoms with E-state index in [0.29, 0.717) is 17.6 Å². The zero-order valence-corrected chi connectivity index (χ0v) is 22.9. The van der Waals surface area contributed by atoms with E-state index < -0.39 is 0 Å². The standard InChI is InChI=1S/C36H30N4/c1-36(2)29-19-11-9-17-25(29)27-21-28-26-18-10-12-20-31(26)40(32(28)22-30(27)36)35-38-33(23-13-5-3-6-14-23)37-34(39-35)24-15-7-4-8-16-24/h3-8,10,12-16,18,20-22H,9,11,17,19H2,1-2H3. The first-order chi connectivity index (χ1) is 19.6. The minimum atomic E-state index is 0.0318. The van der Waals surface area contributed by atoms with Crippen LogP contribution in [0.3, 0.4) is 0 Å². The highest BCUT2D eigenvalue weighted by atomic mass is 15.2. The Balaban J connectivity index is 1.44. The molecule has 4 heteroatoms. The zero-order valence-electron chi connectivity index (χ0n) is 22.9. The molecule has 6 aromatic rings. The van der Waals surface area contributed by atoms with Crippen LogP contribution < -0.4 is 0 Å². The molecule has 2 heterocycles. The highest BCUT2D eigenvalue weighted by Gasteiger charge is 2.39. The van der Waals surface area contributed by atoms with Crippen molar-refractivity contribution in [3.63, 3.8) is 0 Å². The maximum Gasteiger partial charge on any atom is 0.238 e. The van der Waals surface area contributed by atoms with Gasteiger partial charge in [-0.05, 0) is 60.6 Å². The largest absolute Gasteiger partial charge is 0.278 e. The van der Waals surface area contributed by atoms with Crippen LogP contribution in [0.25, 0.3) is 56.1 Å². The normalized spacial score (nSPS) is 15.9. The predicted molar refractivity (Wildman–Crippen MR) is 163 cm³/mol. The quantitative estimate of drug-likeness (QED) is 0.235.